The second kappa shape index (κ2) is 8.38. The molecule has 8 nitrogen and oxygen atoms in total. The molecule has 2 aromatic heterocycles. The van der Waals surface area contributed by atoms with Gasteiger partial charge in [0.15, 0.2) is 0 Å². The number of aromatic amines is 1. The number of para-hydroxylation sites is 2. The van der Waals surface area contributed by atoms with E-state index in [9.17, 15) is 9.59 Å². The molecule has 2 N–H and O–H groups in total. The van der Waals surface area contributed by atoms with E-state index in [-0.39, 0.29) is 17.8 Å². The van der Waals surface area contributed by atoms with E-state index in [2.05, 4.69) is 15.3 Å². The van der Waals surface area contributed by atoms with Crippen molar-refractivity contribution < 1.29 is 9.53 Å². The number of amides is 2. The van der Waals surface area contributed by atoms with Gasteiger partial charge in [-0.2, -0.15) is 0 Å². The molecule has 1 aliphatic heterocycles. The molecule has 4 rings (SSSR count). The van der Waals surface area contributed by atoms with Gasteiger partial charge >= 0.3 is 11.7 Å². The highest BCUT2D eigenvalue weighted by atomic mass is 16.5. The van der Waals surface area contributed by atoms with Crippen molar-refractivity contribution in [2.75, 3.05) is 19.7 Å². The number of hydrogen-bond donors (Lipinski definition) is 2. The van der Waals surface area contributed by atoms with Crippen molar-refractivity contribution in [1.82, 2.24) is 24.8 Å². The molecule has 3 aromatic rings. The number of aromatic nitrogens is 3. The summed E-state index contributed by atoms with van der Waals surface area (Å²) in [5, 5.41) is 2.95. The van der Waals surface area contributed by atoms with Gasteiger partial charge < -0.3 is 19.9 Å². The molecule has 0 atom stereocenters. The van der Waals surface area contributed by atoms with Crippen LogP contribution >= 0.6 is 0 Å². The number of pyridine rings is 1. The molecule has 0 unspecified atom stereocenters. The van der Waals surface area contributed by atoms with E-state index >= 15 is 0 Å². The third-order valence-corrected chi connectivity index (χ3v) is 5.30. The van der Waals surface area contributed by atoms with Crippen LogP contribution in [0.25, 0.3) is 11.0 Å². The molecule has 3 heterocycles. The third kappa shape index (κ3) is 3.96. The number of carbonyl (C=O) groups excluding carboxylic acids is 1. The molecule has 0 bridgehead atoms. The van der Waals surface area contributed by atoms with Crippen LogP contribution in [-0.4, -0.2) is 45.2 Å². The Kier molecular flexibility index (Phi) is 5.50. The zero-order valence-electron chi connectivity index (χ0n) is 16.4. The van der Waals surface area contributed by atoms with Gasteiger partial charge in [0.2, 0.25) is 5.88 Å². The number of urea groups is 1. The topological polar surface area (TPSA) is 92.2 Å². The largest absolute Gasteiger partial charge is 0.478 e. The van der Waals surface area contributed by atoms with Gasteiger partial charge in [-0.3, -0.25) is 4.57 Å². The van der Waals surface area contributed by atoms with Crippen LogP contribution in [0.2, 0.25) is 0 Å². The van der Waals surface area contributed by atoms with Crippen LogP contribution < -0.4 is 15.7 Å². The fourth-order valence-corrected chi connectivity index (χ4v) is 3.87. The lowest BCUT2D eigenvalue weighted by atomic mass is 10.0. The van der Waals surface area contributed by atoms with Crippen molar-refractivity contribution in [1.29, 1.82) is 0 Å². The van der Waals surface area contributed by atoms with Crippen molar-refractivity contribution in [2.45, 2.75) is 32.4 Å². The molecular weight excluding hydrogens is 370 g/mol. The highest BCUT2D eigenvalue weighted by molar-refractivity contribution is 5.75. The number of rotatable bonds is 5. The summed E-state index contributed by atoms with van der Waals surface area (Å²) >= 11 is 0. The first-order valence-corrected chi connectivity index (χ1v) is 9.96. The normalized spacial score (nSPS) is 14.9. The van der Waals surface area contributed by atoms with Crippen LogP contribution in [0.5, 0.6) is 5.88 Å². The first-order valence-electron chi connectivity index (χ1n) is 9.96. The van der Waals surface area contributed by atoms with Crippen LogP contribution in [0.15, 0.2) is 47.4 Å². The molecule has 152 valence electrons. The molecule has 1 saturated heterocycles. The van der Waals surface area contributed by atoms with Crippen LogP contribution in [0.1, 0.15) is 31.4 Å². The summed E-state index contributed by atoms with van der Waals surface area (Å²) in [6.07, 6.45) is 3.16. The first-order chi connectivity index (χ1) is 14.2. The smallest absolute Gasteiger partial charge is 0.326 e. The Morgan fingerprint density at radius 2 is 2.03 bits per heavy atom. The number of fused-ring (bicyclic) bond motifs is 1. The lowest BCUT2D eigenvalue weighted by Gasteiger charge is -2.32. The van der Waals surface area contributed by atoms with Crippen molar-refractivity contribution in [3.05, 3.63) is 58.6 Å². The molecule has 2 amide bonds. The van der Waals surface area contributed by atoms with Gasteiger partial charge in [0.25, 0.3) is 0 Å². The monoisotopic (exact) mass is 395 g/mol. The fourth-order valence-electron chi connectivity index (χ4n) is 3.87. The Morgan fingerprint density at radius 1 is 1.24 bits per heavy atom. The maximum Gasteiger partial charge on any atom is 0.326 e. The third-order valence-electron chi connectivity index (χ3n) is 5.30. The van der Waals surface area contributed by atoms with Crippen LogP contribution in [-0.2, 0) is 6.54 Å². The second-order valence-electron chi connectivity index (χ2n) is 7.09. The molecule has 0 radical (unpaired) electrons. The standard InChI is InChI=1S/C21H25N5O3/c1-2-29-19-15(6-5-11-22-19)14-23-20(27)25-12-9-16(10-13-25)26-18-8-4-3-7-17(18)24-21(26)28/h3-8,11,16H,2,9-10,12-14H2,1H3,(H,23,27)(H,24,28). The summed E-state index contributed by atoms with van der Waals surface area (Å²) in [4.78, 5) is 33.9. The van der Waals surface area contributed by atoms with Crippen molar-refractivity contribution in [2.24, 2.45) is 0 Å². The van der Waals surface area contributed by atoms with Gasteiger partial charge in [0, 0.05) is 37.4 Å². The number of likely N-dealkylation sites (tertiary alicyclic amines) is 1. The van der Waals surface area contributed by atoms with Crippen molar-refractivity contribution >= 4 is 17.1 Å². The number of carbonyl (C=O) groups is 1. The van der Waals surface area contributed by atoms with E-state index in [0.717, 1.165) is 29.4 Å². The second-order valence-corrected chi connectivity index (χ2v) is 7.09. The van der Waals surface area contributed by atoms with Gasteiger partial charge in [-0.05, 0) is 38.0 Å². The molecule has 0 saturated carbocycles. The molecule has 0 aliphatic carbocycles. The van der Waals surface area contributed by atoms with E-state index in [0.29, 0.717) is 32.1 Å². The molecule has 1 aliphatic rings. The van der Waals surface area contributed by atoms with Crippen molar-refractivity contribution in [3.8, 4) is 5.88 Å². The maximum atomic E-state index is 12.6. The lowest BCUT2D eigenvalue weighted by molar-refractivity contribution is 0.171. The van der Waals surface area contributed by atoms with Gasteiger partial charge in [0.05, 0.1) is 17.6 Å². The van der Waals surface area contributed by atoms with Gasteiger partial charge in [-0.25, -0.2) is 14.6 Å². The molecule has 8 heteroatoms. The number of piperidine rings is 1. The average Bonchev–Trinajstić information content (AvgIpc) is 3.09. The Balaban J connectivity index is 1.36. The van der Waals surface area contributed by atoms with E-state index in [1.807, 2.05) is 47.9 Å². The van der Waals surface area contributed by atoms with Gasteiger partial charge in [-0.15, -0.1) is 0 Å². The quantitative estimate of drug-likeness (QED) is 0.695. The number of nitrogens with one attached hydrogen (secondary N) is 2. The molecule has 1 fully saturated rings. The summed E-state index contributed by atoms with van der Waals surface area (Å²) in [5.41, 5.74) is 2.52. The van der Waals surface area contributed by atoms with Gasteiger partial charge in [0.1, 0.15) is 0 Å². The number of hydrogen-bond acceptors (Lipinski definition) is 4. The summed E-state index contributed by atoms with van der Waals surface area (Å²) in [6, 6.07) is 11.4. The SMILES string of the molecule is CCOc1ncccc1CNC(=O)N1CCC(n2c(=O)[nH]c3ccccc32)CC1. The summed E-state index contributed by atoms with van der Waals surface area (Å²) < 4.78 is 7.33. The van der Waals surface area contributed by atoms with E-state index in [1.54, 1.807) is 11.1 Å². The Labute approximate surface area is 168 Å². The molecule has 29 heavy (non-hydrogen) atoms. The molecule has 0 spiro atoms. The van der Waals surface area contributed by atoms with Gasteiger partial charge in [-0.1, -0.05) is 18.2 Å². The number of imidazole rings is 1. The number of nitrogens with zero attached hydrogens (tertiary/aromatic N) is 3. The summed E-state index contributed by atoms with van der Waals surface area (Å²) in [6.45, 7) is 4.00. The Bertz CT molecular complexity index is 1050. The van der Waals surface area contributed by atoms with E-state index in [1.165, 1.54) is 0 Å². The lowest BCUT2D eigenvalue weighted by Crippen LogP contribution is -2.45. The van der Waals surface area contributed by atoms with Crippen molar-refractivity contribution in [3.63, 3.8) is 0 Å². The van der Waals surface area contributed by atoms with E-state index in [4.69, 9.17) is 4.74 Å². The van der Waals surface area contributed by atoms with Crippen LogP contribution in [0.3, 0.4) is 0 Å². The zero-order chi connectivity index (χ0) is 20.2. The summed E-state index contributed by atoms with van der Waals surface area (Å²) in [5.74, 6) is 0.549. The Morgan fingerprint density at radius 3 is 2.83 bits per heavy atom. The highest BCUT2D eigenvalue weighted by Gasteiger charge is 2.26. The summed E-state index contributed by atoms with van der Waals surface area (Å²) in [7, 11) is 0. The molecular formula is C21H25N5O3. The van der Waals surface area contributed by atoms with Crippen LogP contribution in [0.4, 0.5) is 4.79 Å². The number of ether oxygens (including phenoxy) is 1. The first kappa shape index (κ1) is 19.0. The van der Waals surface area contributed by atoms with E-state index < -0.39 is 0 Å². The number of benzene rings is 1. The number of H-pyrrole nitrogens is 1. The van der Waals surface area contributed by atoms with Crippen LogP contribution in [0, 0.1) is 0 Å². The Hall–Kier alpha value is -3.29. The zero-order valence-corrected chi connectivity index (χ0v) is 16.4. The predicted molar refractivity (Wildman–Crippen MR) is 110 cm³/mol. The minimum absolute atomic E-state index is 0.0885. The minimum atomic E-state index is -0.110. The predicted octanol–water partition coefficient (Wildman–Crippen LogP) is 2.67. The molecule has 1 aromatic carbocycles. The maximum absolute atomic E-state index is 12.6. The minimum Gasteiger partial charge on any atom is -0.478 e. The highest BCUT2D eigenvalue weighted by Crippen LogP contribution is 2.25. The average molecular weight is 395 g/mol. The fraction of sp³-hybridized carbons (Fsp3) is 0.381.